The molecule has 0 unspecified atom stereocenters. The van der Waals surface area contributed by atoms with Crippen molar-refractivity contribution in [2.75, 3.05) is 0 Å². The third kappa shape index (κ3) is 4.14. The zero-order chi connectivity index (χ0) is 21.5. The van der Waals surface area contributed by atoms with Crippen LogP contribution in [0.15, 0.2) is 44.1 Å². The highest BCUT2D eigenvalue weighted by atomic mass is 32.1. The number of aromatic nitrogens is 3. The fourth-order valence-electron chi connectivity index (χ4n) is 2.76. The van der Waals surface area contributed by atoms with Crippen molar-refractivity contribution in [3.63, 3.8) is 0 Å². The third-order valence-electron chi connectivity index (χ3n) is 4.45. The summed E-state index contributed by atoms with van der Waals surface area (Å²) in [5, 5.41) is 5.70. The molecule has 154 valence electrons. The Balaban J connectivity index is 1.89. The lowest BCUT2D eigenvalue weighted by molar-refractivity contribution is -0.120. The lowest BCUT2D eigenvalue weighted by atomic mass is 9.91. The highest BCUT2D eigenvalue weighted by Gasteiger charge is 2.20. The van der Waals surface area contributed by atoms with Gasteiger partial charge in [-0.1, -0.05) is 20.8 Å². The van der Waals surface area contributed by atoms with Crippen molar-refractivity contribution in [3.8, 4) is 0 Å². The number of thiophene rings is 1. The SMILES string of the molecule is CC(C)(C)C(=O)/C=c1/s/c(=C/c2ccsc2)c(=O)n1Cc1cc(=O)n2ccsc2n1. The summed E-state index contributed by atoms with van der Waals surface area (Å²) in [5.74, 6) is -0.0682. The molecule has 4 rings (SSSR count). The smallest absolute Gasteiger partial charge is 0.269 e. The van der Waals surface area contributed by atoms with Gasteiger partial charge in [0.15, 0.2) is 10.7 Å². The lowest BCUT2D eigenvalue weighted by Crippen LogP contribution is -2.33. The standard InChI is InChI=1S/C21H19N3O3S3/c1-21(2,3)16(25)10-18-24(19(27)15(30-18)8-13-4-6-28-12-13)11-14-9-17(26)23-5-7-29-20(23)22-14/h4-10,12H,11H2,1-3H3/b15-8+,18-10+. The van der Waals surface area contributed by atoms with Gasteiger partial charge in [-0.2, -0.15) is 11.3 Å². The quantitative estimate of drug-likeness (QED) is 0.471. The van der Waals surface area contributed by atoms with E-state index in [0.717, 1.165) is 5.56 Å². The number of rotatable bonds is 4. The molecule has 4 aromatic rings. The van der Waals surface area contributed by atoms with Gasteiger partial charge in [-0.3, -0.25) is 23.4 Å². The highest BCUT2D eigenvalue weighted by molar-refractivity contribution is 7.15. The summed E-state index contributed by atoms with van der Waals surface area (Å²) in [6.07, 6.45) is 5.02. The molecule has 0 aliphatic carbocycles. The first kappa shape index (κ1) is 20.6. The largest absolute Gasteiger partial charge is 0.294 e. The summed E-state index contributed by atoms with van der Waals surface area (Å²) >= 11 is 4.18. The van der Waals surface area contributed by atoms with Crippen molar-refractivity contribution in [2.45, 2.75) is 27.3 Å². The van der Waals surface area contributed by atoms with Gasteiger partial charge in [0.2, 0.25) is 0 Å². The molecular formula is C21H19N3O3S3. The summed E-state index contributed by atoms with van der Waals surface area (Å²) in [7, 11) is 0. The van der Waals surface area contributed by atoms with E-state index in [1.165, 1.54) is 43.8 Å². The molecular weight excluding hydrogens is 438 g/mol. The van der Waals surface area contributed by atoms with Crippen LogP contribution in [0, 0.1) is 5.41 Å². The van der Waals surface area contributed by atoms with Crippen LogP contribution in [0.3, 0.4) is 0 Å². The summed E-state index contributed by atoms with van der Waals surface area (Å²) in [6, 6.07) is 3.37. The van der Waals surface area contributed by atoms with E-state index in [0.29, 0.717) is 19.8 Å². The molecule has 0 aliphatic heterocycles. The Hall–Kier alpha value is -2.62. The molecule has 0 saturated heterocycles. The molecule has 0 aliphatic rings. The molecule has 0 fully saturated rings. The van der Waals surface area contributed by atoms with Crippen LogP contribution in [0.2, 0.25) is 0 Å². The predicted octanol–water partition coefficient (Wildman–Crippen LogP) is 2.31. The Morgan fingerprint density at radius 3 is 2.73 bits per heavy atom. The number of carbonyl (C=O) groups excluding carboxylic acids is 1. The van der Waals surface area contributed by atoms with Crippen molar-refractivity contribution in [2.24, 2.45) is 5.41 Å². The monoisotopic (exact) mass is 457 g/mol. The first-order valence-electron chi connectivity index (χ1n) is 9.18. The van der Waals surface area contributed by atoms with Crippen LogP contribution >= 0.6 is 34.0 Å². The Morgan fingerprint density at radius 2 is 2.03 bits per heavy atom. The van der Waals surface area contributed by atoms with Gasteiger partial charge in [0.05, 0.1) is 16.8 Å². The highest BCUT2D eigenvalue weighted by Crippen LogP contribution is 2.15. The molecule has 9 heteroatoms. The minimum absolute atomic E-state index is 0.0682. The van der Waals surface area contributed by atoms with Crippen LogP contribution in [-0.2, 0) is 11.3 Å². The minimum atomic E-state index is -0.560. The molecule has 6 nitrogen and oxygen atoms in total. The molecule has 4 heterocycles. The second-order valence-corrected chi connectivity index (χ2v) is 10.5. The van der Waals surface area contributed by atoms with Crippen LogP contribution in [-0.4, -0.2) is 19.7 Å². The van der Waals surface area contributed by atoms with Gasteiger partial charge >= 0.3 is 0 Å². The number of hydrogen-bond acceptors (Lipinski definition) is 7. The summed E-state index contributed by atoms with van der Waals surface area (Å²) < 4.78 is 4.08. The average Bonchev–Trinajstić information content (AvgIpc) is 3.39. The summed E-state index contributed by atoms with van der Waals surface area (Å²) in [5.41, 5.74) is 0.473. The molecule has 0 amide bonds. The second kappa shape index (κ2) is 7.90. The van der Waals surface area contributed by atoms with E-state index in [1.807, 2.05) is 43.7 Å². The van der Waals surface area contributed by atoms with Crippen molar-refractivity contribution < 1.29 is 4.79 Å². The first-order valence-corrected chi connectivity index (χ1v) is 11.8. The molecule has 0 spiro atoms. The van der Waals surface area contributed by atoms with Gasteiger partial charge in [-0.15, -0.1) is 22.7 Å². The Bertz CT molecular complexity index is 1460. The Kier molecular flexibility index (Phi) is 5.44. The summed E-state index contributed by atoms with van der Waals surface area (Å²) in [4.78, 5) is 43.2. The van der Waals surface area contributed by atoms with E-state index in [2.05, 4.69) is 4.98 Å². The van der Waals surface area contributed by atoms with Crippen molar-refractivity contribution in [3.05, 3.63) is 75.6 Å². The minimum Gasteiger partial charge on any atom is -0.294 e. The molecule has 0 N–H and O–H groups in total. The maximum atomic E-state index is 13.2. The van der Waals surface area contributed by atoms with E-state index in [9.17, 15) is 14.4 Å². The average molecular weight is 458 g/mol. The molecule has 0 saturated carbocycles. The van der Waals surface area contributed by atoms with Gasteiger partial charge < -0.3 is 0 Å². The van der Waals surface area contributed by atoms with Crippen LogP contribution in [0.1, 0.15) is 32.0 Å². The molecule has 0 bridgehead atoms. The van der Waals surface area contributed by atoms with Crippen molar-refractivity contribution >= 4 is 56.9 Å². The van der Waals surface area contributed by atoms with Crippen LogP contribution in [0.5, 0.6) is 0 Å². The van der Waals surface area contributed by atoms with E-state index >= 15 is 0 Å². The molecule has 0 aromatic carbocycles. The van der Waals surface area contributed by atoms with Crippen LogP contribution in [0.4, 0.5) is 0 Å². The fourth-order valence-corrected chi connectivity index (χ4v) is 5.16. The number of Topliss-reactive ketones (excluding diaryl/α,β-unsaturated/α-hetero) is 1. The zero-order valence-electron chi connectivity index (χ0n) is 16.6. The summed E-state index contributed by atoms with van der Waals surface area (Å²) in [6.45, 7) is 5.65. The van der Waals surface area contributed by atoms with Gasteiger partial charge in [-0.25, -0.2) is 4.98 Å². The predicted molar refractivity (Wildman–Crippen MR) is 123 cm³/mol. The van der Waals surface area contributed by atoms with Gasteiger partial charge in [0.25, 0.3) is 11.1 Å². The molecule has 30 heavy (non-hydrogen) atoms. The first-order chi connectivity index (χ1) is 14.2. The normalized spacial score (nSPS) is 13.4. The van der Waals surface area contributed by atoms with Gasteiger partial charge in [0, 0.05) is 29.1 Å². The second-order valence-electron chi connectivity index (χ2n) is 7.80. The van der Waals surface area contributed by atoms with E-state index in [4.69, 9.17) is 0 Å². The number of carbonyl (C=O) groups is 1. The Labute approximate surface area is 183 Å². The topological polar surface area (TPSA) is 73.4 Å². The van der Waals surface area contributed by atoms with E-state index < -0.39 is 5.41 Å². The zero-order valence-corrected chi connectivity index (χ0v) is 19.1. The van der Waals surface area contributed by atoms with Crippen molar-refractivity contribution in [1.29, 1.82) is 0 Å². The lowest BCUT2D eigenvalue weighted by Gasteiger charge is -2.12. The molecule has 0 radical (unpaired) electrons. The van der Waals surface area contributed by atoms with E-state index in [1.54, 1.807) is 22.9 Å². The Morgan fingerprint density at radius 1 is 1.23 bits per heavy atom. The fraction of sp³-hybridized carbons (Fsp3) is 0.238. The maximum absolute atomic E-state index is 13.2. The van der Waals surface area contributed by atoms with Gasteiger partial charge in [-0.05, 0) is 28.5 Å². The van der Waals surface area contributed by atoms with E-state index in [-0.39, 0.29) is 23.4 Å². The molecule has 4 aromatic heterocycles. The number of ketones is 1. The van der Waals surface area contributed by atoms with Crippen LogP contribution in [0.25, 0.3) is 17.1 Å². The number of fused-ring (bicyclic) bond motifs is 1. The number of hydrogen-bond donors (Lipinski definition) is 0. The van der Waals surface area contributed by atoms with Crippen LogP contribution < -0.4 is 20.3 Å². The number of thiazole rings is 2. The van der Waals surface area contributed by atoms with Gasteiger partial charge in [0.1, 0.15) is 4.66 Å². The third-order valence-corrected chi connectivity index (χ3v) is 6.97. The molecule has 0 atom stereocenters. The number of nitrogens with zero attached hydrogens (tertiary/aromatic N) is 3. The maximum Gasteiger partial charge on any atom is 0.269 e. The van der Waals surface area contributed by atoms with Crippen molar-refractivity contribution in [1.82, 2.24) is 14.0 Å².